The molecule has 1 unspecified atom stereocenters. The van der Waals surface area contributed by atoms with E-state index in [1.165, 1.54) is 64.7 Å². The summed E-state index contributed by atoms with van der Waals surface area (Å²) in [6.45, 7) is 16.4. The lowest BCUT2D eigenvalue weighted by Crippen LogP contribution is -2.51. The predicted molar refractivity (Wildman–Crippen MR) is 98.9 cm³/mol. The van der Waals surface area contributed by atoms with E-state index in [4.69, 9.17) is 4.74 Å². The summed E-state index contributed by atoms with van der Waals surface area (Å²) in [6.07, 6.45) is 9.04. The summed E-state index contributed by atoms with van der Waals surface area (Å²) in [4.78, 5) is 5.33. The predicted octanol–water partition coefficient (Wildman–Crippen LogP) is 4.16. The van der Waals surface area contributed by atoms with E-state index in [1.54, 1.807) is 0 Å². The van der Waals surface area contributed by atoms with Gasteiger partial charge in [-0.3, -0.25) is 9.80 Å². The van der Waals surface area contributed by atoms with Gasteiger partial charge in [-0.25, -0.2) is 0 Å². The number of piperazine rings is 1. The van der Waals surface area contributed by atoms with Crippen LogP contribution in [0.3, 0.4) is 0 Å². The van der Waals surface area contributed by atoms with Crippen molar-refractivity contribution in [3.63, 3.8) is 0 Å². The molecular weight excluding hydrogens is 284 g/mol. The maximum Gasteiger partial charge on any atom is 0.0578 e. The van der Waals surface area contributed by atoms with Gasteiger partial charge in [-0.15, -0.1) is 0 Å². The number of ether oxygens (including phenoxy) is 1. The molecule has 136 valence electrons. The SMILES string of the molecule is CC(C)OC1CCC(CCC(C)N2CCN(C(C)C)CC2)CC1. The second-order valence-corrected chi connectivity index (χ2v) is 8.42. The average Bonchev–Trinajstić information content (AvgIpc) is 2.53. The molecule has 1 aliphatic heterocycles. The van der Waals surface area contributed by atoms with E-state index < -0.39 is 0 Å². The zero-order valence-corrected chi connectivity index (χ0v) is 16.3. The first-order chi connectivity index (χ1) is 11.0. The van der Waals surface area contributed by atoms with Gasteiger partial charge in [0.25, 0.3) is 0 Å². The molecule has 3 nitrogen and oxygen atoms in total. The second-order valence-electron chi connectivity index (χ2n) is 8.42. The van der Waals surface area contributed by atoms with Crippen LogP contribution >= 0.6 is 0 Å². The lowest BCUT2D eigenvalue weighted by molar-refractivity contribution is -0.0209. The summed E-state index contributed by atoms with van der Waals surface area (Å²) in [6, 6.07) is 1.46. The van der Waals surface area contributed by atoms with Crippen LogP contribution in [0.2, 0.25) is 0 Å². The van der Waals surface area contributed by atoms with Crippen LogP contribution in [-0.2, 0) is 4.74 Å². The second kappa shape index (κ2) is 9.39. The molecule has 1 saturated carbocycles. The van der Waals surface area contributed by atoms with Gasteiger partial charge in [0, 0.05) is 38.3 Å². The lowest BCUT2D eigenvalue weighted by Gasteiger charge is -2.40. The first-order valence-corrected chi connectivity index (χ1v) is 10.1. The first kappa shape index (κ1) is 19.2. The minimum atomic E-state index is 0.390. The van der Waals surface area contributed by atoms with Crippen molar-refractivity contribution in [2.24, 2.45) is 5.92 Å². The van der Waals surface area contributed by atoms with Crippen molar-refractivity contribution < 1.29 is 4.74 Å². The van der Waals surface area contributed by atoms with Crippen LogP contribution in [0, 0.1) is 5.92 Å². The summed E-state index contributed by atoms with van der Waals surface area (Å²) in [5.41, 5.74) is 0. The maximum absolute atomic E-state index is 5.98. The van der Waals surface area contributed by atoms with Crippen molar-refractivity contribution in [1.29, 1.82) is 0 Å². The van der Waals surface area contributed by atoms with Crippen molar-refractivity contribution in [3.05, 3.63) is 0 Å². The zero-order valence-electron chi connectivity index (χ0n) is 16.3. The molecule has 1 atom stereocenters. The molecule has 0 radical (unpaired) electrons. The third-order valence-corrected chi connectivity index (χ3v) is 5.95. The van der Waals surface area contributed by atoms with Gasteiger partial charge in [0.05, 0.1) is 12.2 Å². The number of rotatable bonds is 7. The summed E-state index contributed by atoms with van der Waals surface area (Å²) in [7, 11) is 0. The standard InChI is InChI=1S/C20H40N2O/c1-16(2)21-12-14-22(15-13-21)18(5)6-7-19-8-10-20(11-9-19)23-17(3)4/h16-20H,6-15H2,1-5H3. The Hall–Kier alpha value is -0.120. The van der Waals surface area contributed by atoms with Crippen LogP contribution in [0.25, 0.3) is 0 Å². The molecular formula is C20H40N2O. The summed E-state index contributed by atoms with van der Waals surface area (Å²) >= 11 is 0. The van der Waals surface area contributed by atoms with E-state index in [2.05, 4.69) is 44.4 Å². The molecule has 0 bridgehead atoms. The molecule has 0 aromatic rings. The Kier molecular flexibility index (Phi) is 7.84. The van der Waals surface area contributed by atoms with Gasteiger partial charge < -0.3 is 4.74 Å². The van der Waals surface area contributed by atoms with Gasteiger partial charge in [0.1, 0.15) is 0 Å². The van der Waals surface area contributed by atoms with Crippen LogP contribution in [0.5, 0.6) is 0 Å². The molecule has 1 aliphatic carbocycles. The summed E-state index contributed by atoms with van der Waals surface area (Å²) in [5.74, 6) is 0.946. The molecule has 1 heterocycles. The Morgan fingerprint density at radius 1 is 0.826 bits per heavy atom. The highest BCUT2D eigenvalue weighted by atomic mass is 16.5. The minimum Gasteiger partial charge on any atom is -0.376 e. The van der Waals surface area contributed by atoms with Crippen LogP contribution in [0.4, 0.5) is 0 Å². The van der Waals surface area contributed by atoms with Gasteiger partial charge in [-0.2, -0.15) is 0 Å². The van der Waals surface area contributed by atoms with Crippen molar-refractivity contribution >= 4 is 0 Å². The summed E-state index contributed by atoms with van der Waals surface area (Å²) < 4.78 is 5.98. The molecule has 0 amide bonds. The highest BCUT2D eigenvalue weighted by Gasteiger charge is 2.25. The molecule has 0 aromatic carbocycles. The van der Waals surface area contributed by atoms with Gasteiger partial charge >= 0.3 is 0 Å². The van der Waals surface area contributed by atoms with E-state index in [0.717, 1.165) is 12.0 Å². The van der Waals surface area contributed by atoms with Crippen molar-refractivity contribution in [2.45, 2.75) is 97.4 Å². The van der Waals surface area contributed by atoms with Gasteiger partial charge in [-0.1, -0.05) is 0 Å². The van der Waals surface area contributed by atoms with Crippen LogP contribution in [0.15, 0.2) is 0 Å². The molecule has 0 aromatic heterocycles. The topological polar surface area (TPSA) is 15.7 Å². The average molecular weight is 325 g/mol. The largest absolute Gasteiger partial charge is 0.376 e. The number of hydrogen-bond acceptors (Lipinski definition) is 3. The lowest BCUT2D eigenvalue weighted by atomic mass is 9.83. The van der Waals surface area contributed by atoms with E-state index in [-0.39, 0.29) is 0 Å². The molecule has 3 heteroatoms. The Balaban J connectivity index is 1.61. The molecule has 2 fully saturated rings. The van der Waals surface area contributed by atoms with Gasteiger partial charge in [-0.05, 0) is 79.1 Å². The van der Waals surface area contributed by atoms with Crippen molar-refractivity contribution in [1.82, 2.24) is 9.80 Å². The molecule has 0 spiro atoms. The Labute approximate surface area is 144 Å². The Bertz CT molecular complexity index is 316. The molecule has 1 saturated heterocycles. The maximum atomic E-state index is 5.98. The fourth-order valence-electron chi connectivity index (χ4n) is 4.30. The van der Waals surface area contributed by atoms with E-state index in [0.29, 0.717) is 18.2 Å². The highest BCUT2D eigenvalue weighted by Crippen LogP contribution is 2.30. The van der Waals surface area contributed by atoms with Crippen molar-refractivity contribution in [2.75, 3.05) is 26.2 Å². The van der Waals surface area contributed by atoms with Gasteiger partial charge in [0.15, 0.2) is 0 Å². The monoisotopic (exact) mass is 324 g/mol. The zero-order chi connectivity index (χ0) is 16.8. The molecule has 2 rings (SSSR count). The van der Waals surface area contributed by atoms with Crippen molar-refractivity contribution in [3.8, 4) is 0 Å². The third kappa shape index (κ3) is 6.36. The first-order valence-electron chi connectivity index (χ1n) is 10.1. The highest BCUT2D eigenvalue weighted by molar-refractivity contribution is 4.80. The van der Waals surface area contributed by atoms with E-state index in [1.807, 2.05) is 0 Å². The molecule has 2 aliphatic rings. The fourth-order valence-corrected chi connectivity index (χ4v) is 4.30. The molecule has 23 heavy (non-hydrogen) atoms. The van der Waals surface area contributed by atoms with Gasteiger partial charge in [0.2, 0.25) is 0 Å². The number of hydrogen-bond donors (Lipinski definition) is 0. The van der Waals surface area contributed by atoms with E-state index in [9.17, 15) is 0 Å². The quantitative estimate of drug-likeness (QED) is 0.699. The molecule has 0 N–H and O–H groups in total. The normalized spacial score (nSPS) is 29.3. The number of nitrogens with zero attached hydrogens (tertiary/aromatic N) is 2. The third-order valence-electron chi connectivity index (χ3n) is 5.95. The van der Waals surface area contributed by atoms with Crippen LogP contribution in [-0.4, -0.2) is 60.3 Å². The summed E-state index contributed by atoms with van der Waals surface area (Å²) in [5, 5.41) is 0. The van der Waals surface area contributed by atoms with Crippen LogP contribution in [0.1, 0.15) is 73.1 Å². The van der Waals surface area contributed by atoms with Crippen LogP contribution < -0.4 is 0 Å². The van der Waals surface area contributed by atoms with E-state index >= 15 is 0 Å². The Morgan fingerprint density at radius 3 is 1.91 bits per heavy atom. The minimum absolute atomic E-state index is 0.390. The Morgan fingerprint density at radius 2 is 1.39 bits per heavy atom. The fraction of sp³-hybridized carbons (Fsp3) is 1.00. The smallest absolute Gasteiger partial charge is 0.0578 e.